The molecule has 3 heteroatoms. The highest BCUT2D eigenvalue weighted by Gasteiger charge is 1.99. The normalized spacial score (nSPS) is 10.9. The Labute approximate surface area is 86.5 Å². The van der Waals surface area contributed by atoms with Gasteiger partial charge in [0.15, 0.2) is 0 Å². The molecule has 0 atom stereocenters. The van der Waals surface area contributed by atoms with Crippen LogP contribution < -0.4 is 5.32 Å². The zero-order valence-electron chi connectivity index (χ0n) is 9.45. The highest BCUT2D eigenvalue weighted by Crippen LogP contribution is 2.09. The van der Waals surface area contributed by atoms with Gasteiger partial charge in [-0.1, -0.05) is 26.7 Å². The molecule has 1 aromatic rings. The molecule has 0 aliphatic rings. The van der Waals surface area contributed by atoms with E-state index in [0.717, 1.165) is 18.4 Å². The summed E-state index contributed by atoms with van der Waals surface area (Å²) < 4.78 is 2.17. The average molecular weight is 195 g/mol. The summed E-state index contributed by atoms with van der Waals surface area (Å²) in [6.07, 6.45) is 7.74. The second-order valence-electron chi connectivity index (χ2n) is 4.08. The minimum Gasteiger partial charge on any atom is -0.359 e. The van der Waals surface area contributed by atoms with Crippen LogP contribution in [0, 0.1) is 5.92 Å². The fourth-order valence-corrected chi connectivity index (χ4v) is 1.55. The third-order valence-corrected chi connectivity index (χ3v) is 2.37. The number of nitrogens with zero attached hydrogens (tertiary/aromatic N) is 2. The minimum atomic E-state index is 0.821. The van der Waals surface area contributed by atoms with Gasteiger partial charge in [-0.2, -0.15) is 0 Å². The predicted octanol–water partition coefficient (Wildman–Crippen LogP) is 2.75. The quantitative estimate of drug-likeness (QED) is 0.707. The lowest BCUT2D eigenvalue weighted by Gasteiger charge is -2.07. The maximum atomic E-state index is 4.20. The maximum absolute atomic E-state index is 4.20. The van der Waals surface area contributed by atoms with Crippen LogP contribution in [0.2, 0.25) is 0 Å². The van der Waals surface area contributed by atoms with Crippen LogP contribution in [0.25, 0.3) is 0 Å². The SMILES string of the molecule is CNc1nccn1CCCCC(C)C. The number of hydrogen-bond donors (Lipinski definition) is 1. The molecule has 1 heterocycles. The van der Waals surface area contributed by atoms with Gasteiger partial charge in [-0.25, -0.2) is 4.98 Å². The second-order valence-corrected chi connectivity index (χ2v) is 4.08. The first-order valence-corrected chi connectivity index (χ1v) is 5.43. The number of unbranched alkanes of at least 4 members (excludes halogenated alkanes) is 1. The Hall–Kier alpha value is -0.990. The zero-order valence-corrected chi connectivity index (χ0v) is 9.45. The van der Waals surface area contributed by atoms with Crippen molar-refractivity contribution in [2.45, 2.75) is 39.7 Å². The summed E-state index contributed by atoms with van der Waals surface area (Å²) in [5, 5.41) is 3.08. The molecule has 0 unspecified atom stereocenters. The molecular weight excluding hydrogens is 174 g/mol. The third-order valence-electron chi connectivity index (χ3n) is 2.37. The fourth-order valence-electron chi connectivity index (χ4n) is 1.55. The van der Waals surface area contributed by atoms with E-state index in [1.807, 2.05) is 19.4 Å². The van der Waals surface area contributed by atoms with E-state index in [2.05, 4.69) is 28.7 Å². The number of nitrogens with one attached hydrogen (secondary N) is 1. The van der Waals surface area contributed by atoms with Crippen LogP contribution in [0.5, 0.6) is 0 Å². The van der Waals surface area contributed by atoms with E-state index < -0.39 is 0 Å². The molecule has 80 valence electrons. The van der Waals surface area contributed by atoms with Gasteiger partial charge in [0.2, 0.25) is 5.95 Å². The van der Waals surface area contributed by atoms with Crippen LogP contribution in [0.3, 0.4) is 0 Å². The number of aromatic nitrogens is 2. The Bertz CT molecular complexity index is 253. The molecular formula is C11H21N3. The highest BCUT2D eigenvalue weighted by molar-refractivity contribution is 5.23. The monoisotopic (exact) mass is 195 g/mol. The van der Waals surface area contributed by atoms with Crippen molar-refractivity contribution >= 4 is 5.95 Å². The Morgan fingerprint density at radius 2 is 2.21 bits per heavy atom. The molecule has 0 bridgehead atoms. The number of hydrogen-bond acceptors (Lipinski definition) is 2. The maximum Gasteiger partial charge on any atom is 0.202 e. The Morgan fingerprint density at radius 3 is 2.86 bits per heavy atom. The topological polar surface area (TPSA) is 29.9 Å². The van der Waals surface area contributed by atoms with E-state index in [1.165, 1.54) is 19.3 Å². The van der Waals surface area contributed by atoms with Gasteiger partial charge in [-0.3, -0.25) is 0 Å². The first kappa shape index (κ1) is 11.1. The molecule has 0 fully saturated rings. The molecule has 1 rings (SSSR count). The molecule has 0 radical (unpaired) electrons. The van der Waals surface area contributed by atoms with Gasteiger partial charge in [0.05, 0.1) is 0 Å². The summed E-state index contributed by atoms with van der Waals surface area (Å²) in [6, 6.07) is 0. The average Bonchev–Trinajstić information content (AvgIpc) is 2.59. The lowest BCUT2D eigenvalue weighted by molar-refractivity contribution is 0.510. The van der Waals surface area contributed by atoms with Crippen molar-refractivity contribution in [2.75, 3.05) is 12.4 Å². The summed E-state index contributed by atoms with van der Waals surface area (Å²) in [5.41, 5.74) is 0. The van der Waals surface area contributed by atoms with E-state index in [-0.39, 0.29) is 0 Å². The number of aryl methyl sites for hydroxylation is 1. The number of imidazole rings is 1. The summed E-state index contributed by atoms with van der Waals surface area (Å²) in [6.45, 7) is 5.62. The van der Waals surface area contributed by atoms with Crippen molar-refractivity contribution in [3.8, 4) is 0 Å². The molecule has 0 saturated heterocycles. The van der Waals surface area contributed by atoms with Crippen LogP contribution in [0.15, 0.2) is 12.4 Å². The Balaban J connectivity index is 2.24. The van der Waals surface area contributed by atoms with Gasteiger partial charge in [-0.05, 0) is 12.3 Å². The van der Waals surface area contributed by atoms with Crippen LogP contribution in [-0.4, -0.2) is 16.6 Å². The summed E-state index contributed by atoms with van der Waals surface area (Å²) in [7, 11) is 1.91. The first-order valence-electron chi connectivity index (χ1n) is 5.43. The number of anilines is 1. The molecule has 14 heavy (non-hydrogen) atoms. The predicted molar refractivity (Wildman–Crippen MR) is 60.5 cm³/mol. The second kappa shape index (κ2) is 5.68. The lowest BCUT2D eigenvalue weighted by atomic mass is 10.1. The molecule has 1 N–H and O–H groups in total. The molecule has 0 aliphatic heterocycles. The standard InChI is InChI=1S/C11H21N3/c1-10(2)6-4-5-8-14-9-7-13-11(14)12-3/h7,9-10H,4-6,8H2,1-3H3,(H,12,13). The van der Waals surface area contributed by atoms with Gasteiger partial charge < -0.3 is 9.88 Å². The smallest absolute Gasteiger partial charge is 0.202 e. The summed E-state index contributed by atoms with van der Waals surface area (Å²) in [5.74, 6) is 1.79. The lowest BCUT2D eigenvalue weighted by Crippen LogP contribution is -2.03. The largest absolute Gasteiger partial charge is 0.359 e. The Kier molecular flexibility index (Phi) is 4.50. The van der Waals surface area contributed by atoms with Crippen molar-refractivity contribution in [3.05, 3.63) is 12.4 Å². The third kappa shape index (κ3) is 3.40. The van der Waals surface area contributed by atoms with Crippen LogP contribution in [-0.2, 0) is 6.54 Å². The van der Waals surface area contributed by atoms with Gasteiger partial charge in [0.1, 0.15) is 0 Å². The molecule has 1 aromatic heterocycles. The molecule has 0 spiro atoms. The Morgan fingerprint density at radius 1 is 1.43 bits per heavy atom. The van der Waals surface area contributed by atoms with E-state index >= 15 is 0 Å². The van der Waals surface area contributed by atoms with Crippen molar-refractivity contribution in [1.82, 2.24) is 9.55 Å². The fraction of sp³-hybridized carbons (Fsp3) is 0.727. The highest BCUT2D eigenvalue weighted by atomic mass is 15.2. The van der Waals surface area contributed by atoms with Crippen LogP contribution in [0.4, 0.5) is 5.95 Å². The minimum absolute atomic E-state index is 0.821. The summed E-state index contributed by atoms with van der Waals surface area (Å²) in [4.78, 5) is 4.20. The van der Waals surface area contributed by atoms with E-state index in [4.69, 9.17) is 0 Å². The molecule has 0 aliphatic carbocycles. The van der Waals surface area contributed by atoms with Crippen molar-refractivity contribution in [1.29, 1.82) is 0 Å². The molecule has 0 saturated carbocycles. The van der Waals surface area contributed by atoms with Crippen LogP contribution in [0.1, 0.15) is 33.1 Å². The van der Waals surface area contributed by atoms with E-state index in [9.17, 15) is 0 Å². The van der Waals surface area contributed by atoms with Gasteiger partial charge in [0.25, 0.3) is 0 Å². The van der Waals surface area contributed by atoms with Crippen molar-refractivity contribution in [3.63, 3.8) is 0 Å². The summed E-state index contributed by atoms with van der Waals surface area (Å²) >= 11 is 0. The molecule has 0 aromatic carbocycles. The molecule has 3 nitrogen and oxygen atoms in total. The van der Waals surface area contributed by atoms with Crippen molar-refractivity contribution < 1.29 is 0 Å². The zero-order chi connectivity index (χ0) is 10.4. The van der Waals surface area contributed by atoms with Gasteiger partial charge in [-0.15, -0.1) is 0 Å². The van der Waals surface area contributed by atoms with E-state index in [1.54, 1.807) is 0 Å². The van der Waals surface area contributed by atoms with Crippen LogP contribution >= 0.6 is 0 Å². The number of rotatable bonds is 6. The first-order chi connectivity index (χ1) is 6.74. The van der Waals surface area contributed by atoms with Crippen molar-refractivity contribution in [2.24, 2.45) is 5.92 Å². The van der Waals surface area contributed by atoms with Gasteiger partial charge in [0, 0.05) is 26.0 Å². The van der Waals surface area contributed by atoms with E-state index in [0.29, 0.717) is 0 Å². The molecule has 0 amide bonds. The van der Waals surface area contributed by atoms with Gasteiger partial charge >= 0.3 is 0 Å².